The largest absolute Gasteiger partial charge is 0.379 e. The summed E-state index contributed by atoms with van der Waals surface area (Å²) < 4.78 is 27.0. The van der Waals surface area contributed by atoms with Gasteiger partial charge < -0.3 is 15.3 Å². The Morgan fingerprint density at radius 1 is 1.14 bits per heavy atom. The first-order chi connectivity index (χ1) is 13.5. The summed E-state index contributed by atoms with van der Waals surface area (Å²) in [6.45, 7) is 1.28. The number of hydrogen-bond acceptors (Lipinski definition) is 3. The summed E-state index contributed by atoms with van der Waals surface area (Å²) in [5, 5.41) is 13.7. The van der Waals surface area contributed by atoms with Crippen LogP contribution in [0.15, 0.2) is 48.5 Å². The van der Waals surface area contributed by atoms with Gasteiger partial charge in [0.25, 0.3) is 5.91 Å². The molecular weight excluding hydrogens is 362 g/mol. The SMILES string of the molecule is O=C1N(CCCc2ccccc2)CCC[C@]1(O)CNCc1cc(F)ccc1F. The number of piperidine rings is 1. The number of nitrogens with one attached hydrogen (secondary N) is 1. The van der Waals surface area contributed by atoms with Crippen molar-refractivity contribution in [2.24, 2.45) is 0 Å². The lowest BCUT2D eigenvalue weighted by Crippen LogP contribution is -2.58. The van der Waals surface area contributed by atoms with Crippen LogP contribution in [0.2, 0.25) is 0 Å². The second kappa shape index (κ2) is 9.26. The molecule has 0 saturated carbocycles. The van der Waals surface area contributed by atoms with Crippen LogP contribution in [0.3, 0.4) is 0 Å². The number of carbonyl (C=O) groups excluding carboxylic acids is 1. The van der Waals surface area contributed by atoms with Crippen LogP contribution < -0.4 is 5.32 Å². The van der Waals surface area contributed by atoms with Crippen molar-refractivity contribution in [3.8, 4) is 0 Å². The van der Waals surface area contributed by atoms with Gasteiger partial charge in [-0.2, -0.15) is 0 Å². The zero-order chi connectivity index (χ0) is 20.0. The Kier molecular flexibility index (Phi) is 6.75. The Morgan fingerprint density at radius 3 is 2.71 bits per heavy atom. The summed E-state index contributed by atoms with van der Waals surface area (Å²) >= 11 is 0. The number of amides is 1. The van der Waals surface area contributed by atoms with Gasteiger partial charge in [-0.3, -0.25) is 4.79 Å². The Hall–Kier alpha value is -2.31. The highest BCUT2D eigenvalue weighted by Crippen LogP contribution is 2.23. The molecular formula is C22H26F2N2O2. The van der Waals surface area contributed by atoms with Crippen molar-refractivity contribution in [3.63, 3.8) is 0 Å². The van der Waals surface area contributed by atoms with Crippen molar-refractivity contribution in [3.05, 3.63) is 71.3 Å². The Labute approximate surface area is 164 Å². The smallest absolute Gasteiger partial charge is 0.255 e. The quantitative estimate of drug-likeness (QED) is 0.731. The summed E-state index contributed by atoms with van der Waals surface area (Å²) in [5.41, 5.74) is -0.109. The molecule has 1 aliphatic heterocycles. The predicted molar refractivity (Wildman–Crippen MR) is 104 cm³/mol. The molecule has 1 amide bonds. The van der Waals surface area contributed by atoms with Crippen molar-refractivity contribution in [2.75, 3.05) is 19.6 Å². The van der Waals surface area contributed by atoms with E-state index >= 15 is 0 Å². The molecule has 3 rings (SSSR count). The average molecular weight is 388 g/mol. The highest BCUT2D eigenvalue weighted by Gasteiger charge is 2.41. The molecule has 4 nitrogen and oxygen atoms in total. The minimum Gasteiger partial charge on any atom is -0.379 e. The van der Waals surface area contributed by atoms with Crippen LogP contribution in [-0.2, 0) is 17.8 Å². The first-order valence-corrected chi connectivity index (χ1v) is 9.68. The molecule has 6 heteroatoms. The number of carbonyl (C=O) groups is 1. The van der Waals surface area contributed by atoms with Gasteiger partial charge in [0, 0.05) is 31.7 Å². The Balaban J connectivity index is 1.51. The molecule has 1 aliphatic rings. The molecule has 1 fully saturated rings. The summed E-state index contributed by atoms with van der Waals surface area (Å²) in [7, 11) is 0. The van der Waals surface area contributed by atoms with Crippen LogP contribution in [0, 0.1) is 11.6 Å². The zero-order valence-electron chi connectivity index (χ0n) is 15.8. The van der Waals surface area contributed by atoms with Crippen molar-refractivity contribution in [2.45, 2.75) is 37.8 Å². The fourth-order valence-corrected chi connectivity index (χ4v) is 3.64. The molecule has 150 valence electrons. The van der Waals surface area contributed by atoms with E-state index < -0.39 is 17.2 Å². The molecule has 0 unspecified atom stereocenters. The standard InChI is InChI=1S/C22H26F2N2O2/c23-19-9-10-20(24)18(14-19)15-25-16-22(28)11-5-13-26(21(22)27)12-4-8-17-6-2-1-3-7-17/h1-3,6-7,9-10,14,25,28H,4-5,8,11-13,15-16H2/t22-/m0/s1. The molecule has 1 atom stereocenters. The second-order valence-electron chi connectivity index (χ2n) is 7.36. The Morgan fingerprint density at radius 2 is 1.93 bits per heavy atom. The molecule has 0 bridgehead atoms. The van der Waals surface area contributed by atoms with Crippen LogP contribution in [0.1, 0.15) is 30.4 Å². The number of halogens is 2. The molecule has 1 heterocycles. The van der Waals surface area contributed by atoms with E-state index in [4.69, 9.17) is 0 Å². The van der Waals surface area contributed by atoms with Gasteiger partial charge in [-0.15, -0.1) is 0 Å². The van der Waals surface area contributed by atoms with Crippen LogP contribution in [0.4, 0.5) is 8.78 Å². The van der Waals surface area contributed by atoms with Gasteiger partial charge in [0.2, 0.25) is 0 Å². The third-order valence-corrected chi connectivity index (χ3v) is 5.18. The lowest BCUT2D eigenvalue weighted by molar-refractivity contribution is -0.156. The molecule has 0 radical (unpaired) electrons. The van der Waals surface area contributed by atoms with E-state index in [2.05, 4.69) is 17.4 Å². The summed E-state index contributed by atoms with van der Waals surface area (Å²) in [4.78, 5) is 14.5. The van der Waals surface area contributed by atoms with Gasteiger partial charge in [0.1, 0.15) is 11.6 Å². The number of likely N-dealkylation sites (tertiary alicyclic amines) is 1. The van der Waals surface area contributed by atoms with E-state index in [1.807, 2.05) is 18.2 Å². The van der Waals surface area contributed by atoms with Crippen molar-refractivity contribution < 1.29 is 18.7 Å². The van der Waals surface area contributed by atoms with Crippen molar-refractivity contribution >= 4 is 5.91 Å². The Bertz CT molecular complexity index is 800. The van der Waals surface area contributed by atoms with Gasteiger partial charge in [0.05, 0.1) is 0 Å². The first kappa shape index (κ1) is 20.4. The van der Waals surface area contributed by atoms with E-state index in [0.29, 0.717) is 25.9 Å². The van der Waals surface area contributed by atoms with Crippen LogP contribution in [0.5, 0.6) is 0 Å². The van der Waals surface area contributed by atoms with Crippen LogP contribution >= 0.6 is 0 Å². The van der Waals surface area contributed by atoms with E-state index in [-0.39, 0.29) is 24.6 Å². The van der Waals surface area contributed by atoms with Crippen molar-refractivity contribution in [1.82, 2.24) is 10.2 Å². The van der Waals surface area contributed by atoms with Crippen LogP contribution in [-0.4, -0.2) is 41.1 Å². The highest BCUT2D eigenvalue weighted by atomic mass is 19.1. The number of aliphatic hydroxyl groups is 1. The summed E-state index contributed by atoms with van der Waals surface area (Å²) in [6, 6.07) is 13.3. The monoisotopic (exact) mass is 388 g/mol. The maximum absolute atomic E-state index is 13.7. The van der Waals surface area contributed by atoms with Gasteiger partial charge in [0.15, 0.2) is 5.60 Å². The van der Waals surface area contributed by atoms with E-state index in [0.717, 1.165) is 31.0 Å². The molecule has 1 saturated heterocycles. The van der Waals surface area contributed by atoms with Crippen molar-refractivity contribution in [1.29, 1.82) is 0 Å². The zero-order valence-corrected chi connectivity index (χ0v) is 15.8. The molecule has 28 heavy (non-hydrogen) atoms. The lowest BCUT2D eigenvalue weighted by Gasteiger charge is -2.38. The average Bonchev–Trinajstić information content (AvgIpc) is 2.69. The molecule has 0 aliphatic carbocycles. The van der Waals surface area contributed by atoms with Gasteiger partial charge >= 0.3 is 0 Å². The molecule has 2 N–H and O–H groups in total. The number of hydrogen-bond donors (Lipinski definition) is 2. The topological polar surface area (TPSA) is 52.6 Å². The molecule has 2 aromatic rings. The second-order valence-corrected chi connectivity index (χ2v) is 7.36. The first-order valence-electron chi connectivity index (χ1n) is 9.68. The lowest BCUT2D eigenvalue weighted by atomic mass is 9.91. The normalized spacial score (nSPS) is 19.8. The molecule has 0 aromatic heterocycles. The molecule has 0 spiro atoms. The highest BCUT2D eigenvalue weighted by molar-refractivity contribution is 5.86. The fraction of sp³-hybridized carbons (Fsp3) is 0.409. The van der Waals surface area contributed by atoms with Gasteiger partial charge in [-0.25, -0.2) is 8.78 Å². The third kappa shape index (κ3) is 5.14. The maximum Gasteiger partial charge on any atom is 0.255 e. The predicted octanol–water partition coefficient (Wildman–Crippen LogP) is 3.04. The van der Waals surface area contributed by atoms with Crippen LogP contribution in [0.25, 0.3) is 0 Å². The third-order valence-electron chi connectivity index (χ3n) is 5.18. The number of rotatable bonds is 8. The van der Waals surface area contributed by atoms with E-state index in [9.17, 15) is 18.7 Å². The summed E-state index contributed by atoms with van der Waals surface area (Å²) in [5.74, 6) is -1.33. The minimum atomic E-state index is -1.51. The van der Waals surface area contributed by atoms with E-state index in [1.165, 1.54) is 5.56 Å². The fourth-order valence-electron chi connectivity index (χ4n) is 3.64. The number of aryl methyl sites for hydroxylation is 1. The van der Waals surface area contributed by atoms with Gasteiger partial charge in [-0.1, -0.05) is 30.3 Å². The number of nitrogens with zero attached hydrogens (tertiary/aromatic N) is 1. The van der Waals surface area contributed by atoms with Gasteiger partial charge in [-0.05, 0) is 49.4 Å². The van der Waals surface area contributed by atoms with E-state index in [1.54, 1.807) is 4.90 Å². The molecule has 2 aromatic carbocycles. The maximum atomic E-state index is 13.7. The number of benzene rings is 2. The minimum absolute atomic E-state index is 0.0109. The summed E-state index contributed by atoms with van der Waals surface area (Å²) in [6.07, 6.45) is 2.77.